The molecule has 2 aliphatic rings. The zero-order valence-corrected chi connectivity index (χ0v) is 10.0. The Labute approximate surface area is 105 Å². The molecular weight excluding hydrogens is 224 g/mol. The summed E-state index contributed by atoms with van der Waals surface area (Å²) in [6.07, 6.45) is 5.56. The van der Waals surface area contributed by atoms with E-state index < -0.39 is 0 Å². The zero-order chi connectivity index (χ0) is 12.1. The molecule has 0 saturated heterocycles. The van der Waals surface area contributed by atoms with Crippen LogP contribution >= 0.6 is 0 Å². The number of hydrogen-bond acceptors (Lipinski definition) is 1. The number of nitrogens with zero attached hydrogens (tertiary/aromatic N) is 1. The molecule has 2 aliphatic heterocycles. The van der Waals surface area contributed by atoms with E-state index in [2.05, 4.69) is 23.2 Å². The van der Waals surface area contributed by atoms with Crippen LogP contribution in [0, 0.1) is 0 Å². The van der Waals surface area contributed by atoms with Crippen molar-refractivity contribution in [2.75, 3.05) is 6.54 Å². The van der Waals surface area contributed by atoms with Gasteiger partial charge in [0.15, 0.2) is 0 Å². The molecule has 0 aliphatic carbocycles. The van der Waals surface area contributed by atoms with E-state index in [1.165, 1.54) is 22.2 Å². The summed E-state index contributed by atoms with van der Waals surface area (Å²) in [5, 5.41) is 1.31. The SMILES string of the molecule is O=C1C=CC[C@H]2c3[nH]c4ccccc4c3CCN12. The molecule has 3 heterocycles. The van der Waals surface area contributed by atoms with Gasteiger partial charge in [-0.15, -0.1) is 0 Å². The lowest BCUT2D eigenvalue weighted by molar-refractivity contribution is -0.129. The highest BCUT2D eigenvalue weighted by molar-refractivity contribution is 5.90. The Bertz CT molecular complexity index is 668. The Hall–Kier alpha value is -2.03. The van der Waals surface area contributed by atoms with Crippen molar-refractivity contribution in [1.29, 1.82) is 0 Å². The summed E-state index contributed by atoms with van der Waals surface area (Å²) in [4.78, 5) is 17.4. The quantitative estimate of drug-likeness (QED) is 0.752. The number of para-hydroxylation sites is 1. The lowest BCUT2D eigenvalue weighted by atomic mass is 9.93. The number of nitrogens with one attached hydrogen (secondary N) is 1. The maximum atomic E-state index is 11.9. The summed E-state index contributed by atoms with van der Waals surface area (Å²) in [5.74, 6) is 0.149. The molecule has 1 atom stereocenters. The second-order valence-electron chi connectivity index (χ2n) is 5.00. The first-order valence-electron chi connectivity index (χ1n) is 6.41. The second-order valence-corrected chi connectivity index (χ2v) is 5.00. The monoisotopic (exact) mass is 238 g/mol. The molecule has 18 heavy (non-hydrogen) atoms. The van der Waals surface area contributed by atoms with Gasteiger partial charge < -0.3 is 9.88 Å². The zero-order valence-electron chi connectivity index (χ0n) is 10.0. The van der Waals surface area contributed by atoms with Gasteiger partial charge in [-0.1, -0.05) is 24.3 Å². The molecule has 0 saturated carbocycles. The number of aromatic nitrogens is 1. The van der Waals surface area contributed by atoms with Gasteiger partial charge in [0.2, 0.25) is 5.91 Å². The fourth-order valence-corrected chi connectivity index (χ4v) is 3.22. The van der Waals surface area contributed by atoms with Crippen molar-refractivity contribution >= 4 is 16.8 Å². The molecule has 1 N–H and O–H groups in total. The smallest absolute Gasteiger partial charge is 0.246 e. The van der Waals surface area contributed by atoms with Gasteiger partial charge in [-0.25, -0.2) is 0 Å². The summed E-state index contributed by atoms with van der Waals surface area (Å²) >= 11 is 0. The molecular formula is C15H14N2O. The molecule has 1 amide bonds. The van der Waals surface area contributed by atoms with E-state index in [-0.39, 0.29) is 11.9 Å². The minimum absolute atomic E-state index is 0.149. The van der Waals surface area contributed by atoms with Gasteiger partial charge >= 0.3 is 0 Å². The van der Waals surface area contributed by atoms with Crippen LogP contribution in [0.15, 0.2) is 36.4 Å². The van der Waals surface area contributed by atoms with Crippen LogP contribution in [-0.4, -0.2) is 22.3 Å². The van der Waals surface area contributed by atoms with Crippen molar-refractivity contribution in [3.05, 3.63) is 47.7 Å². The maximum absolute atomic E-state index is 11.9. The third-order valence-corrected chi connectivity index (χ3v) is 4.06. The van der Waals surface area contributed by atoms with E-state index >= 15 is 0 Å². The Morgan fingerprint density at radius 3 is 3.11 bits per heavy atom. The number of aromatic amines is 1. The molecule has 0 unspecified atom stereocenters. The van der Waals surface area contributed by atoms with Crippen LogP contribution in [-0.2, 0) is 11.2 Å². The molecule has 0 spiro atoms. The number of fused-ring (bicyclic) bond motifs is 5. The number of rotatable bonds is 0. The van der Waals surface area contributed by atoms with Crippen molar-refractivity contribution in [2.24, 2.45) is 0 Å². The topological polar surface area (TPSA) is 36.1 Å². The summed E-state index contributed by atoms with van der Waals surface area (Å²) < 4.78 is 0. The van der Waals surface area contributed by atoms with Gasteiger partial charge in [0, 0.05) is 23.1 Å². The Morgan fingerprint density at radius 1 is 1.28 bits per heavy atom. The number of H-pyrrole nitrogens is 1. The van der Waals surface area contributed by atoms with Crippen molar-refractivity contribution in [3.63, 3.8) is 0 Å². The Kier molecular flexibility index (Phi) is 1.92. The molecule has 0 radical (unpaired) electrons. The fourth-order valence-electron chi connectivity index (χ4n) is 3.22. The summed E-state index contributed by atoms with van der Waals surface area (Å²) in [6, 6.07) is 8.61. The van der Waals surface area contributed by atoms with E-state index in [0.717, 1.165) is 19.4 Å². The molecule has 1 aromatic carbocycles. The highest BCUT2D eigenvalue weighted by Gasteiger charge is 2.33. The molecule has 1 aromatic heterocycles. The van der Waals surface area contributed by atoms with Crippen molar-refractivity contribution in [1.82, 2.24) is 9.88 Å². The first-order chi connectivity index (χ1) is 8.84. The minimum atomic E-state index is 0.149. The van der Waals surface area contributed by atoms with Crippen LogP contribution < -0.4 is 0 Å². The summed E-state index contributed by atoms with van der Waals surface area (Å²) in [6.45, 7) is 0.836. The van der Waals surface area contributed by atoms with Crippen LogP contribution in [0.4, 0.5) is 0 Å². The summed E-state index contributed by atoms with van der Waals surface area (Å²) in [7, 11) is 0. The molecule has 2 aromatic rings. The third kappa shape index (κ3) is 1.22. The number of hydrogen-bond donors (Lipinski definition) is 1. The lowest BCUT2D eigenvalue weighted by Gasteiger charge is -2.36. The number of benzene rings is 1. The van der Waals surface area contributed by atoms with Crippen LogP contribution in [0.1, 0.15) is 23.7 Å². The number of carbonyl (C=O) groups is 1. The van der Waals surface area contributed by atoms with Crippen LogP contribution in [0.5, 0.6) is 0 Å². The van der Waals surface area contributed by atoms with Crippen molar-refractivity contribution in [2.45, 2.75) is 18.9 Å². The van der Waals surface area contributed by atoms with Crippen molar-refractivity contribution < 1.29 is 4.79 Å². The van der Waals surface area contributed by atoms with E-state index in [1.54, 1.807) is 6.08 Å². The standard InChI is InChI=1S/C15H14N2O/c18-14-7-3-6-13-15-11(8-9-17(13)14)10-4-1-2-5-12(10)16-15/h1-5,7,13,16H,6,8-9H2/t13-/m0/s1. The van der Waals surface area contributed by atoms with Crippen molar-refractivity contribution in [3.8, 4) is 0 Å². The predicted molar refractivity (Wildman–Crippen MR) is 70.2 cm³/mol. The molecule has 0 bridgehead atoms. The largest absolute Gasteiger partial charge is 0.356 e. The van der Waals surface area contributed by atoms with E-state index in [4.69, 9.17) is 0 Å². The highest BCUT2D eigenvalue weighted by Crippen LogP contribution is 2.37. The molecule has 3 nitrogen and oxygen atoms in total. The second kappa shape index (κ2) is 3.48. The van der Waals surface area contributed by atoms with Gasteiger partial charge in [-0.3, -0.25) is 4.79 Å². The lowest BCUT2D eigenvalue weighted by Crippen LogP contribution is -2.40. The Balaban J connectivity index is 1.93. The average molecular weight is 238 g/mol. The van der Waals surface area contributed by atoms with Gasteiger partial charge in [0.1, 0.15) is 0 Å². The maximum Gasteiger partial charge on any atom is 0.246 e. The number of carbonyl (C=O) groups excluding carboxylic acids is 1. The summed E-state index contributed by atoms with van der Waals surface area (Å²) in [5.41, 5.74) is 3.82. The van der Waals surface area contributed by atoms with Gasteiger partial charge in [-0.05, 0) is 30.5 Å². The van der Waals surface area contributed by atoms with Gasteiger partial charge in [0.25, 0.3) is 0 Å². The van der Waals surface area contributed by atoms with Crippen LogP contribution in [0.3, 0.4) is 0 Å². The van der Waals surface area contributed by atoms with E-state index in [0.29, 0.717) is 0 Å². The molecule has 90 valence electrons. The van der Waals surface area contributed by atoms with E-state index in [1.807, 2.05) is 17.0 Å². The first-order valence-corrected chi connectivity index (χ1v) is 6.41. The Morgan fingerprint density at radius 2 is 2.17 bits per heavy atom. The third-order valence-electron chi connectivity index (χ3n) is 4.06. The van der Waals surface area contributed by atoms with Crippen LogP contribution in [0.25, 0.3) is 10.9 Å². The number of amides is 1. The van der Waals surface area contributed by atoms with Gasteiger partial charge in [0.05, 0.1) is 6.04 Å². The van der Waals surface area contributed by atoms with Gasteiger partial charge in [-0.2, -0.15) is 0 Å². The first kappa shape index (κ1) is 9.95. The molecule has 4 rings (SSSR count). The van der Waals surface area contributed by atoms with Crippen LogP contribution in [0.2, 0.25) is 0 Å². The fraction of sp³-hybridized carbons (Fsp3) is 0.267. The normalized spacial score (nSPS) is 22.1. The predicted octanol–water partition coefficient (Wildman–Crippen LogP) is 2.55. The minimum Gasteiger partial charge on any atom is -0.356 e. The molecule has 3 heteroatoms. The van der Waals surface area contributed by atoms with E-state index in [9.17, 15) is 4.79 Å². The molecule has 0 fully saturated rings. The highest BCUT2D eigenvalue weighted by atomic mass is 16.2. The average Bonchev–Trinajstić information content (AvgIpc) is 2.78.